The van der Waals surface area contributed by atoms with Gasteiger partial charge in [0, 0.05) is 24.7 Å². The monoisotopic (exact) mass is 236 g/mol. The van der Waals surface area contributed by atoms with Crippen LogP contribution in [0.2, 0.25) is 0 Å². The number of ketones is 1. The summed E-state index contributed by atoms with van der Waals surface area (Å²) in [4.78, 5) is 22.5. The lowest BCUT2D eigenvalue weighted by Crippen LogP contribution is -2.18. The molecule has 1 saturated carbocycles. The van der Waals surface area contributed by atoms with Crippen LogP contribution in [0.15, 0.2) is 0 Å². The van der Waals surface area contributed by atoms with Crippen LogP contribution in [0.5, 0.6) is 0 Å². The molecule has 0 aromatic rings. The first kappa shape index (κ1) is 13.8. The van der Waals surface area contributed by atoms with Gasteiger partial charge in [-0.05, 0) is 32.6 Å². The highest BCUT2D eigenvalue weighted by Crippen LogP contribution is 2.24. The molecule has 0 radical (unpaired) electrons. The van der Waals surface area contributed by atoms with Crippen LogP contribution < -0.4 is 0 Å². The number of unbranched alkanes of at least 4 members (excludes halogenated alkanes) is 1. The fourth-order valence-electron chi connectivity index (χ4n) is 2.10. The Balaban J connectivity index is 2.15. The van der Waals surface area contributed by atoms with Crippen molar-refractivity contribution in [2.24, 2.45) is 5.92 Å². The highest BCUT2D eigenvalue weighted by molar-refractivity contribution is 5.88. The summed E-state index contributed by atoms with van der Waals surface area (Å²) in [6.07, 6.45) is 6.48. The molecule has 0 amide bonds. The van der Waals surface area contributed by atoms with E-state index in [0.717, 1.165) is 32.1 Å². The second-order valence-corrected chi connectivity index (χ2v) is 4.32. The minimum atomic E-state index is -0.457. The first-order valence-electron chi connectivity index (χ1n) is 6.42. The second-order valence-electron chi connectivity index (χ2n) is 4.32. The van der Waals surface area contributed by atoms with E-state index in [1.807, 2.05) is 0 Å². The Kier molecular flexibility index (Phi) is 6.39. The van der Waals surface area contributed by atoms with Gasteiger partial charge in [0.1, 0.15) is 5.78 Å². The number of carbonyl (C=O) groups is 2. The molecule has 1 fully saturated rings. The normalized spacial score (nSPS) is 19.4. The maximum absolute atomic E-state index is 11.5. The van der Waals surface area contributed by atoms with Crippen molar-refractivity contribution in [3.8, 4) is 11.8 Å². The van der Waals surface area contributed by atoms with Crippen molar-refractivity contribution in [3.05, 3.63) is 0 Å². The number of rotatable bonds is 4. The highest BCUT2D eigenvalue weighted by Gasteiger charge is 2.20. The van der Waals surface area contributed by atoms with E-state index < -0.39 is 5.97 Å². The van der Waals surface area contributed by atoms with E-state index in [2.05, 4.69) is 16.6 Å². The molecule has 1 rings (SSSR count). The molecule has 1 unspecified atom stereocenters. The van der Waals surface area contributed by atoms with Gasteiger partial charge in [-0.3, -0.25) is 4.79 Å². The Morgan fingerprint density at radius 3 is 3.00 bits per heavy atom. The maximum Gasteiger partial charge on any atom is 0.384 e. The number of ether oxygens (including phenoxy) is 1. The van der Waals surface area contributed by atoms with E-state index in [-0.39, 0.29) is 5.92 Å². The van der Waals surface area contributed by atoms with Gasteiger partial charge < -0.3 is 4.74 Å². The third-order valence-corrected chi connectivity index (χ3v) is 3.00. The van der Waals surface area contributed by atoms with E-state index in [0.29, 0.717) is 18.8 Å². The van der Waals surface area contributed by atoms with Crippen LogP contribution in [0.3, 0.4) is 0 Å². The average Bonchev–Trinajstić information content (AvgIpc) is 2.31. The summed E-state index contributed by atoms with van der Waals surface area (Å²) in [6, 6.07) is 0. The molecule has 3 nitrogen and oxygen atoms in total. The lowest BCUT2D eigenvalue weighted by molar-refractivity contribution is -0.136. The molecule has 0 heterocycles. The topological polar surface area (TPSA) is 43.4 Å². The highest BCUT2D eigenvalue weighted by atomic mass is 16.5. The molecule has 1 aliphatic carbocycles. The van der Waals surface area contributed by atoms with E-state index >= 15 is 0 Å². The molecule has 0 aliphatic heterocycles. The molecule has 0 spiro atoms. The van der Waals surface area contributed by atoms with Gasteiger partial charge in [-0.25, -0.2) is 4.79 Å². The van der Waals surface area contributed by atoms with Gasteiger partial charge >= 0.3 is 5.97 Å². The molecule has 1 aliphatic rings. The molecule has 0 saturated heterocycles. The minimum Gasteiger partial charge on any atom is -0.456 e. The first-order chi connectivity index (χ1) is 8.24. The molecular weight excluding hydrogens is 216 g/mol. The zero-order valence-electron chi connectivity index (χ0n) is 10.5. The van der Waals surface area contributed by atoms with Crippen LogP contribution >= 0.6 is 0 Å². The predicted molar refractivity (Wildman–Crippen MR) is 65.2 cm³/mol. The van der Waals surface area contributed by atoms with Crippen LogP contribution in [0, 0.1) is 17.8 Å². The minimum absolute atomic E-state index is 0.244. The number of esters is 1. The van der Waals surface area contributed by atoms with Gasteiger partial charge in [0.15, 0.2) is 0 Å². The third-order valence-electron chi connectivity index (χ3n) is 3.00. The van der Waals surface area contributed by atoms with Gasteiger partial charge in [0.25, 0.3) is 0 Å². The Morgan fingerprint density at radius 2 is 2.29 bits per heavy atom. The maximum atomic E-state index is 11.5. The fraction of sp³-hybridized carbons (Fsp3) is 0.714. The Hall–Kier alpha value is -1.30. The number of hydrogen-bond acceptors (Lipinski definition) is 3. The van der Waals surface area contributed by atoms with Crippen molar-refractivity contribution in [1.29, 1.82) is 0 Å². The molecule has 17 heavy (non-hydrogen) atoms. The van der Waals surface area contributed by atoms with Crippen LogP contribution in [0.1, 0.15) is 51.9 Å². The molecule has 94 valence electrons. The van der Waals surface area contributed by atoms with Gasteiger partial charge in [-0.1, -0.05) is 12.3 Å². The standard InChI is InChI=1S/C14H20O3/c1-2-17-14(16)11-5-3-4-8-12-9-6-7-10-13(12)15/h12H,2-4,6-10H2,1H3. The lowest BCUT2D eigenvalue weighted by atomic mass is 9.84. The van der Waals surface area contributed by atoms with E-state index in [9.17, 15) is 9.59 Å². The second kappa shape index (κ2) is 7.89. The largest absolute Gasteiger partial charge is 0.456 e. The number of Topliss-reactive ketones (excluding diaryl/α,β-unsaturated/α-hetero) is 1. The zero-order valence-corrected chi connectivity index (χ0v) is 10.5. The van der Waals surface area contributed by atoms with Crippen LogP contribution in [0.25, 0.3) is 0 Å². The summed E-state index contributed by atoms with van der Waals surface area (Å²) in [7, 11) is 0. The third kappa shape index (κ3) is 5.53. The van der Waals surface area contributed by atoms with Crippen LogP contribution in [-0.2, 0) is 14.3 Å². The average molecular weight is 236 g/mol. The van der Waals surface area contributed by atoms with Crippen molar-refractivity contribution < 1.29 is 14.3 Å². The van der Waals surface area contributed by atoms with Crippen molar-refractivity contribution in [3.63, 3.8) is 0 Å². The van der Waals surface area contributed by atoms with E-state index in [4.69, 9.17) is 0 Å². The summed E-state index contributed by atoms with van der Waals surface area (Å²) in [5.41, 5.74) is 0. The van der Waals surface area contributed by atoms with Crippen LogP contribution in [-0.4, -0.2) is 18.4 Å². The summed E-state index contributed by atoms with van der Waals surface area (Å²) < 4.78 is 4.69. The van der Waals surface area contributed by atoms with Crippen LogP contribution in [0.4, 0.5) is 0 Å². The Labute approximate surface area is 103 Å². The molecule has 0 bridgehead atoms. The van der Waals surface area contributed by atoms with Crippen molar-refractivity contribution in [2.45, 2.75) is 51.9 Å². The van der Waals surface area contributed by atoms with Crippen molar-refractivity contribution in [1.82, 2.24) is 0 Å². The summed E-state index contributed by atoms with van der Waals surface area (Å²) in [5, 5.41) is 0. The van der Waals surface area contributed by atoms with Crippen molar-refractivity contribution >= 4 is 11.8 Å². The molecule has 1 atom stereocenters. The lowest BCUT2D eigenvalue weighted by Gasteiger charge is -2.19. The first-order valence-corrected chi connectivity index (χ1v) is 6.42. The molecule has 0 aromatic heterocycles. The zero-order chi connectivity index (χ0) is 12.5. The van der Waals surface area contributed by atoms with Gasteiger partial charge in [-0.2, -0.15) is 0 Å². The number of hydrogen-bond donors (Lipinski definition) is 0. The summed E-state index contributed by atoms with van der Waals surface area (Å²) >= 11 is 0. The molecular formula is C14H20O3. The van der Waals surface area contributed by atoms with Crippen molar-refractivity contribution in [2.75, 3.05) is 6.61 Å². The smallest absolute Gasteiger partial charge is 0.384 e. The van der Waals surface area contributed by atoms with Gasteiger partial charge in [0.2, 0.25) is 0 Å². The fourth-order valence-corrected chi connectivity index (χ4v) is 2.10. The molecule has 0 N–H and O–H groups in total. The summed E-state index contributed by atoms with van der Waals surface area (Å²) in [5.74, 6) is 5.42. The van der Waals surface area contributed by atoms with Gasteiger partial charge in [0.05, 0.1) is 6.61 Å². The van der Waals surface area contributed by atoms with E-state index in [1.165, 1.54) is 6.42 Å². The molecule has 3 heteroatoms. The number of carbonyl (C=O) groups excluding carboxylic acids is 2. The summed E-state index contributed by atoms with van der Waals surface area (Å²) in [6.45, 7) is 2.12. The van der Waals surface area contributed by atoms with Gasteiger partial charge in [-0.15, -0.1) is 0 Å². The predicted octanol–water partition coefficient (Wildman–Crippen LogP) is 2.48. The quantitative estimate of drug-likeness (QED) is 0.326. The van der Waals surface area contributed by atoms with E-state index in [1.54, 1.807) is 6.92 Å². The SMILES string of the molecule is CCOC(=O)C#CCCCC1CCCCC1=O. The molecule has 0 aromatic carbocycles. The Bertz CT molecular complexity index is 322. The Morgan fingerprint density at radius 1 is 1.47 bits per heavy atom.